The molecule has 0 unspecified atom stereocenters. The highest BCUT2D eigenvalue weighted by molar-refractivity contribution is 7.89. The van der Waals surface area contributed by atoms with Crippen LogP contribution < -0.4 is 10.0 Å². The maximum atomic E-state index is 12.4. The summed E-state index contributed by atoms with van der Waals surface area (Å²) in [5.74, 6) is -0.456. The zero-order chi connectivity index (χ0) is 18.7. The van der Waals surface area contributed by atoms with Crippen LogP contribution in [-0.4, -0.2) is 30.6 Å². The van der Waals surface area contributed by atoms with E-state index < -0.39 is 15.9 Å². The van der Waals surface area contributed by atoms with E-state index in [0.29, 0.717) is 5.13 Å². The van der Waals surface area contributed by atoms with Gasteiger partial charge in [0, 0.05) is 18.0 Å². The lowest BCUT2D eigenvalue weighted by Crippen LogP contribution is -2.26. The van der Waals surface area contributed by atoms with Crippen LogP contribution in [0, 0.1) is 0 Å². The van der Waals surface area contributed by atoms with Crippen LogP contribution in [0.1, 0.15) is 48.0 Å². The zero-order valence-electron chi connectivity index (χ0n) is 14.2. The van der Waals surface area contributed by atoms with Crippen molar-refractivity contribution in [3.63, 3.8) is 0 Å². The Morgan fingerprint density at radius 2 is 2.12 bits per heavy atom. The highest BCUT2D eigenvalue weighted by Gasteiger charge is 2.29. The van der Waals surface area contributed by atoms with Crippen LogP contribution in [0.25, 0.3) is 0 Å². The Hall–Kier alpha value is -1.55. The Bertz CT molecular complexity index is 910. The second-order valence-corrected chi connectivity index (χ2v) is 9.25. The van der Waals surface area contributed by atoms with Crippen LogP contribution in [0.15, 0.2) is 23.1 Å². The molecule has 1 aliphatic rings. The van der Waals surface area contributed by atoms with Crippen LogP contribution >= 0.6 is 22.9 Å². The molecule has 0 spiro atoms. The average molecular weight is 415 g/mol. The van der Waals surface area contributed by atoms with Crippen molar-refractivity contribution >= 4 is 44.0 Å². The van der Waals surface area contributed by atoms with Gasteiger partial charge in [0.25, 0.3) is 5.91 Å². The molecule has 2 aromatic rings. The SMILES string of the molecule is CCCCc1nnc(NC(=O)c2ccc(Cl)c(S(=O)(=O)NC3CC3)c2)s1. The quantitative estimate of drug-likeness (QED) is 0.690. The molecule has 1 amide bonds. The van der Waals surface area contributed by atoms with Gasteiger partial charge in [-0.25, -0.2) is 13.1 Å². The normalized spacial score (nSPS) is 14.4. The van der Waals surface area contributed by atoms with E-state index in [1.807, 2.05) is 0 Å². The third-order valence-electron chi connectivity index (χ3n) is 3.81. The standard InChI is InChI=1S/C16H19ClN4O3S2/c1-2-3-4-14-19-20-16(25-14)18-15(22)10-5-8-12(17)13(9-10)26(23,24)21-11-6-7-11/h5,8-9,11,21H,2-4,6-7H2,1H3,(H,18,20,22). The van der Waals surface area contributed by atoms with Crippen molar-refractivity contribution in [1.82, 2.24) is 14.9 Å². The largest absolute Gasteiger partial charge is 0.296 e. The lowest BCUT2D eigenvalue weighted by Gasteiger charge is -2.09. The van der Waals surface area contributed by atoms with Crippen LogP contribution in [0.2, 0.25) is 5.02 Å². The second-order valence-electron chi connectivity index (χ2n) is 6.10. The van der Waals surface area contributed by atoms with Gasteiger partial charge in [0.1, 0.15) is 9.90 Å². The van der Waals surface area contributed by atoms with E-state index in [9.17, 15) is 13.2 Å². The van der Waals surface area contributed by atoms with Gasteiger partial charge in [-0.05, 0) is 37.5 Å². The molecule has 0 bridgehead atoms. The minimum Gasteiger partial charge on any atom is -0.296 e. The molecule has 0 radical (unpaired) electrons. The Morgan fingerprint density at radius 3 is 2.81 bits per heavy atom. The number of carbonyl (C=O) groups excluding carboxylic acids is 1. The van der Waals surface area contributed by atoms with Gasteiger partial charge in [-0.15, -0.1) is 10.2 Å². The molecule has 0 saturated heterocycles. The predicted molar refractivity (Wildman–Crippen MR) is 101 cm³/mol. The fraction of sp³-hybridized carbons (Fsp3) is 0.438. The average Bonchev–Trinajstić information content (AvgIpc) is 3.28. The van der Waals surface area contributed by atoms with E-state index in [0.717, 1.165) is 37.1 Å². The number of nitrogens with one attached hydrogen (secondary N) is 2. The van der Waals surface area contributed by atoms with Crippen LogP contribution in [0.3, 0.4) is 0 Å². The molecule has 1 saturated carbocycles. The first-order chi connectivity index (χ1) is 12.4. The fourth-order valence-electron chi connectivity index (χ4n) is 2.24. The van der Waals surface area contributed by atoms with E-state index in [4.69, 9.17) is 11.6 Å². The molecule has 0 atom stereocenters. The summed E-state index contributed by atoms with van der Waals surface area (Å²) in [6, 6.07) is 4.12. The molecule has 1 aliphatic carbocycles. The van der Waals surface area contributed by atoms with Gasteiger partial charge in [0.15, 0.2) is 0 Å². The number of rotatable bonds is 8. The number of amides is 1. The van der Waals surface area contributed by atoms with Crippen LogP contribution in [0.4, 0.5) is 5.13 Å². The zero-order valence-corrected chi connectivity index (χ0v) is 16.5. The molecule has 0 aliphatic heterocycles. The van der Waals surface area contributed by atoms with Crippen molar-refractivity contribution in [2.24, 2.45) is 0 Å². The predicted octanol–water partition coefficient (Wildman–Crippen LogP) is 3.23. The summed E-state index contributed by atoms with van der Waals surface area (Å²) in [6.07, 6.45) is 4.51. The maximum Gasteiger partial charge on any atom is 0.257 e. The van der Waals surface area contributed by atoms with Crippen molar-refractivity contribution in [3.8, 4) is 0 Å². The highest BCUT2D eigenvalue weighted by atomic mass is 35.5. The van der Waals surface area contributed by atoms with E-state index in [-0.39, 0.29) is 21.5 Å². The summed E-state index contributed by atoms with van der Waals surface area (Å²) < 4.78 is 27.3. The number of aryl methyl sites for hydroxylation is 1. The van der Waals surface area contributed by atoms with Gasteiger partial charge in [-0.1, -0.05) is 36.3 Å². The number of benzene rings is 1. The molecule has 1 heterocycles. The Kier molecular flexibility index (Phi) is 5.91. The summed E-state index contributed by atoms with van der Waals surface area (Å²) in [4.78, 5) is 12.3. The fourth-order valence-corrected chi connectivity index (χ4v) is 4.84. The smallest absolute Gasteiger partial charge is 0.257 e. The summed E-state index contributed by atoms with van der Waals surface area (Å²) in [6.45, 7) is 2.09. The van der Waals surface area contributed by atoms with Gasteiger partial charge in [-0.3, -0.25) is 10.1 Å². The molecule has 2 N–H and O–H groups in total. The number of hydrogen-bond donors (Lipinski definition) is 2. The third-order valence-corrected chi connectivity index (χ3v) is 6.71. The number of hydrogen-bond acceptors (Lipinski definition) is 6. The van der Waals surface area contributed by atoms with Crippen molar-refractivity contribution < 1.29 is 13.2 Å². The van der Waals surface area contributed by atoms with Crippen LogP contribution in [0.5, 0.6) is 0 Å². The number of carbonyl (C=O) groups is 1. The van der Waals surface area contributed by atoms with Crippen molar-refractivity contribution in [3.05, 3.63) is 33.8 Å². The highest BCUT2D eigenvalue weighted by Crippen LogP contribution is 2.27. The van der Waals surface area contributed by atoms with Crippen LogP contribution in [-0.2, 0) is 16.4 Å². The lowest BCUT2D eigenvalue weighted by atomic mass is 10.2. The second kappa shape index (κ2) is 7.99. The first kappa shape index (κ1) is 19.2. The molecule has 10 heteroatoms. The molecule has 3 rings (SSSR count). The molecule has 7 nitrogen and oxygen atoms in total. The lowest BCUT2D eigenvalue weighted by molar-refractivity contribution is 0.102. The Balaban J connectivity index is 1.75. The minimum absolute atomic E-state index is 0.0449. The van der Waals surface area contributed by atoms with Gasteiger partial charge in [0.05, 0.1) is 5.02 Å². The van der Waals surface area contributed by atoms with Gasteiger partial charge < -0.3 is 0 Å². The molecular weight excluding hydrogens is 396 g/mol. The molecule has 1 aromatic heterocycles. The summed E-state index contributed by atoms with van der Waals surface area (Å²) >= 11 is 7.34. The molecule has 1 fully saturated rings. The molecule has 140 valence electrons. The van der Waals surface area contributed by atoms with Crippen molar-refractivity contribution in [2.45, 2.75) is 50.0 Å². The van der Waals surface area contributed by atoms with E-state index in [1.165, 1.54) is 29.5 Å². The molecule has 26 heavy (non-hydrogen) atoms. The summed E-state index contributed by atoms with van der Waals surface area (Å²) in [5, 5.41) is 12.0. The van der Waals surface area contributed by atoms with E-state index >= 15 is 0 Å². The monoisotopic (exact) mass is 414 g/mol. The number of anilines is 1. The number of unbranched alkanes of at least 4 members (excludes halogenated alkanes) is 1. The first-order valence-corrected chi connectivity index (χ1v) is 11.0. The van der Waals surface area contributed by atoms with Gasteiger partial charge in [0.2, 0.25) is 15.2 Å². The van der Waals surface area contributed by atoms with Crippen molar-refractivity contribution in [1.29, 1.82) is 0 Å². The van der Waals surface area contributed by atoms with Gasteiger partial charge in [-0.2, -0.15) is 0 Å². The minimum atomic E-state index is -3.75. The number of nitrogens with zero attached hydrogens (tertiary/aromatic N) is 2. The number of halogens is 1. The van der Waals surface area contributed by atoms with Crippen molar-refractivity contribution in [2.75, 3.05) is 5.32 Å². The Labute approximate surface area is 161 Å². The number of aromatic nitrogens is 2. The third kappa shape index (κ3) is 4.79. The first-order valence-electron chi connectivity index (χ1n) is 8.34. The maximum absolute atomic E-state index is 12.4. The number of sulfonamides is 1. The summed E-state index contributed by atoms with van der Waals surface area (Å²) in [5.41, 5.74) is 0.191. The van der Waals surface area contributed by atoms with Gasteiger partial charge >= 0.3 is 0 Å². The molecule has 1 aromatic carbocycles. The topological polar surface area (TPSA) is 101 Å². The Morgan fingerprint density at radius 1 is 1.35 bits per heavy atom. The van der Waals surface area contributed by atoms with E-state index in [1.54, 1.807) is 0 Å². The van der Waals surface area contributed by atoms with E-state index in [2.05, 4.69) is 27.2 Å². The molecular formula is C16H19ClN4O3S2. The summed E-state index contributed by atoms with van der Waals surface area (Å²) in [7, 11) is -3.75.